The molecule has 0 aliphatic carbocycles. The highest BCUT2D eigenvalue weighted by Crippen LogP contribution is 2.12. The van der Waals surface area contributed by atoms with Gasteiger partial charge in [0, 0.05) is 13.7 Å². The minimum atomic E-state index is 0.0963. The molecule has 96 valence electrons. The molecule has 4 nitrogen and oxygen atoms in total. The van der Waals surface area contributed by atoms with Crippen molar-refractivity contribution >= 4 is 0 Å². The summed E-state index contributed by atoms with van der Waals surface area (Å²) in [5.41, 5.74) is 6.62. The Hall–Kier alpha value is -1.10. The van der Waals surface area contributed by atoms with Crippen LogP contribution >= 0.6 is 0 Å². The number of methoxy groups -OCH3 is 1. The van der Waals surface area contributed by atoms with Crippen LogP contribution in [0.25, 0.3) is 0 Å². The fraction of sp³-hybridized carbons (Fsp3) is 0.538. The van der Waals surface area contributed by atoms with Gasteiger partial charge in [-0.25, -0.2) is 0 Å². The molecule has 1 aromatic carbocycles. The van der Waals surface area contributed by atoms with E-state index in [1.54, 1.807) is 7.11 Å². The number of nitrogens with two attached hydrogens (primary N) is 1. The van der Waals surface area contributed by atoms with Crippen molar-refractivity contribution in [1.82, 2.24) is 0 Å². The molecule has 0 amide bonds. The second-order valence-electron chi connectivity index (χ2n) is 3.84. The van der Waals surface area contributed by atoms with Gasteiger partial charge in [0.2, 0.25) is 0 Å². The molecule has 0 aliphatic heterocycles. The maximum atomic E-state index is 5.56. The van der Waals surface area contributed by atoms with E-state index in [1.165, 1.54) is 0 Å². The smallest absolute Gasteiger partial charge is 0.119 e. The van der Waals surface area contributed by atoms with Gasteiger partial charge in [-0.2, -0.15) is 0 Å². The molecule has 0 saturated heterocycles. The Balaban J connectivity index is 2.21. The minimum absolute atomic E-state index is 0.0963. The Bertz CT molecular complexity index is 317. The maximum Gasteiger partial charge on any atom is 0.119 e. The highest BCUT2D eigenvalue weighted by atomic mass is 16.5. The van der Waals surface area contributed by atoms with Crippen molar-refractivity contribution < 1.29 is 14.2 Å². The normalized spacial score (nSPS) is 12.4. The van der Waals surface area contributed by atoms with Gasteiger partial charge in [-0.15, -0.1) is 0 Å². The molecular formula is C13H21NO3. The molecule has 1 rings (SSSR count). The van der Waals surface area contributed by atoms with Crippen LogP contribution in [0.15, 0.2) is 24.3 Å². The van der Waals surface area contributed by atoms with E-state index < -0.39 is 0 Å². The summed E-state index contributed by atoms with van der Waals surface area (Å²) in [5, 5.41) is 0. The quantitative estimate of drug-likeness (QED) is 0.700. The standard InChI is InChI=1S/C13H21NO3/c1-11(10-15-2)16-6-7-17-13-5-3-4-12(8-13)9-14/h3-5,8,11H,6-7,9-10,14H2,1-2H3. The summed E-state index contributed by atoms with van der Waals surface area (Å²) >= 11 is 0. The molecule has 0 bridgehead atoms. The Kier molecular flexibility index (Phi) is 6.62. The molecule has 1 unspecified atom stereocenters. The first-order chi connectivity index (χ1) is 8.26. The van der Waals surface area contributed by atoms with Crippen LogP contribution in [0.3, 0.4) is 0 Å². The van der Waals surface area contributed by atoms with Crippen molar-refractivity contribution in [2.45, 2.75) is 19.6 Å². The van der Waals surface area contributed by atoms with Crippen molar-refractivity contribution in [3.8, 4) is 5.75 Å². The van der Waals surface area contributed by atoms with Crippen LogP contribution in [-0.2, 0) is 16.0 Å². The van der Waals surface area contributed by atoms with Gasteiger partial charge in [0.05, 0.1) is 19.3 Å². The lowest BCUT2D eigenvalue weighted by molar-refractivity contribution is -0.00214. The summed E-state index contributed by atoms with van der Waals surface area (Å²) < 4.78 is 16.0. The average molecular weight is 239 g/mol. The Morgan fingerprint density at radius 1 is 1.29 bits per heavy atom. The van der Waals surface area contributed by atoms with Crippen LogP contribution < -0.4 is 10.5 Å². The van der Waals surface area contributed by atoms with Gasteiger partial charge in [-0.05, 0) is 24.6 Å². The zero-order valence-corrected chi connectivity index (χ0v) is 10.5. The largest absolute Gasteiger partial charge is 0.491 e. The summed E-state index contributed by atoms with van der Waals surface area (Å²) in [4.78, 5) is 0. The van der Waals surface area contributed by atoms with Crippen LogP contribution in [0, 0.1) is 0 Å². The predicted molar refractivity (Wildman–Crippen MR) is 67.1 cm³/mol. The Morgan fingerprint density at radius 2 is 2.12 bits per heavy atom. The van der Waals surface area contributed by atoms with Crippen molar-refractivity contribution in [3.05, 3.63) is 29.8 Å². The third-order valence-electron chi connectivity index (χ3n) is 2.29. The maximum absolute atomic E-state index is 5.56. The summed E-state index contributed by atoms with van der Waals surface area (Å²) in [6, 6.07) is 7.77. The number of hydrogen-bond donors (Lipinski definition) is 1. The lowest BCUT2D eigenvalue weighted by Gasteiger charge is -2.12. The van der Waals surface area contributed by atoms with Crippen LogP contribution in [-0.4, -0.2) is 33.0 Å². The van der Waals surface area contributed by atoms with E-state index in [2.05, 4.69) is 0 Å². The van der Waals surface area contributed by atoms with E-state index in [9.17, 15) is 0 Å². The SMILES string of the molecule is COCC(C)OCCOc1cccc(CN)c1. The van der Waals surface area contributed by atoms with Crippen molar-refractivity contribution in [2.24, 2.45) is 5.73 Å². The van der Waals surface area contributed by atoms with Gasteiger partial charge in [-0.1, -0.05) is 12.1 Å². The average Bonchev–Trinajstić information content (AvgIpc) is 2.35. The number of hydrogen-bond acceptors (Lipinski definition) is 4. The molecular weight excluding hydrogens is 218 g/mol. The summed E-state index contributed by atoms with van der Waals surface area (Å²) in [6.45, 7) is 4.18. The van der Waals surface area contributed by atoms with E-state index in [1.807, 2.05) is 31.2 Å². The Morgan fingerprint density at radius 3 is 2.82 bits per heavy atom. The van der Waals surface area contributed by atoms with Gasteiger partial charge in [0.1, 0.15) is 12.4 Å². The molecule has 0 heterocycles. The first-order valence-electron chi connectivity index (χ1n) is 5.78. The topological polar surface area (TPSA) is 53.7 Å². The molecule has 1 aromatic rings. The fourth-order valence-corrected chi connectivity index (χ4v) is 1.45. The molecule has 0 radical (unpaired) electrons. The van der Waals surface area contributed by atoms with E-state index in [0.29, 0.717) is 26.4 Å². The highest BCUT2D eigenvalue weighted by Gasteiger charge is 2.01. The molecule has 0 aromatic heterocycles. The van der Waals surface area contributed by atoms with Gasteiger partial charge >= 0.3 is 0 Å². The van der Waals surface area contributed by atoms with Crippen LogP contribution in [0.5, 0.6) is 5.75 Å². The fourth-order valence-electron chi connectivity index (χ4n) is 1.45. The van der Waals surface area contributed by atoms with E-state index in [-0.39, 0.29) is 6.10 Å². The summed E-state index contributed by atoms with van der Waals surface area (Å²) in [5.74, 6) is 0.830. The molecule has 0 spiro atoms. The predicted octanol–water partition coefficient (Wildman–Crippen LogP) is 1.58. The summed E-state index contributed by atoms with van der Waals surface area (Å²) in [6.07, 6.45) is 0.0963. The monoisotopic (exact) mass is 239 g/mol. The zero-order chi connectivity index (χ0) is 12.5. The molecule has 17 heavy (non-hydrogen) atoms. The first-order valence-corrected chi connectivity index (χ1v) is 5.78. The number of benzene rings is 1. The van der Waals surface area contributed by atoms with Gasteiger partial charge < -0.3 is 19.9 Å². The lowest BCUT2D eigenvalue weighted by Crippen LogP contribution is -2.18. The Labute approximate surface area is 103 Å². The third kappa shape index (κ3) is 5.68. The van der Waals surface area contributed by atoms with Gasteiger partial charge in [0.15, 0.2) is 0 Å². The van der Waals surface area contributed by atoms with Crippen molar-refractivity contribution in [2.75, 3.05) is 26.9 Å². The minimum Gasteiger partial charge on any atom is -0.491 e. The second kappa shape index (κ2) is 8.06. The van der Waals surface area contributed by atoms with Crippen LogP contribution in [0.1, 0.15) is 12.5 Å². The first kappa shape index (κ1) is 14.0. The molecule has 1 atom stereocenters. The number of ether oxygens (including phenoxy) is 3. The van der Waals surface area contributed by atoms with Crippen molar-refractivity contribution in [1.29, 1.82) is 0 Å². The molecule has 0 fully saturated rings. The number of rotatable bonds is 8. The molecule has 0 saturated carbocycles. The summed E-state index contributed by atoms with van der Waals surface area (Å²) in [7, 11) is 1.66. The van der Waals surface area contributed by atoms with Crippen LogP contribution in [0.4, 0.5) is 0 Å². The third-order valence-corrected chi connectivity index (χ3v) is 2.29. The molecule has 2 N–H and O–H groups in total. The zero-order valence-electron chi connectivity index (χ0n) is 10.5. The lowest BCUT2D eigenvalue weighted by atomic mass is 10.2. The molecule has 4 heteroatoms. The second-order valence-corrected chi connectivity index (χ2v) is 3.84. The van der Waals surface area contributed by atoms with Gasteiger partial charge in [-0.3, -0.25) is 0 Å². The van der Waals surface area contributed by atoms with Crippen molar-refractivity contribution in [3.63, 3.8) is 0 Å². The van der Waals surface area contributed by atoms with Crippen LogP contribution in [0.2, 0.25) is 0 Å². The van der Waals surface area contributed by atoms with Gasteiger partial charge in [0.25, 0.3) is 0 Å². The highest BCUT2D eigenvalue weighted by molar-refractivity contribution is 5.28. The van der Waals surface area contributed by atoms with E-state index in [0.717, 1.165) is 11.3 Å². The van der Waals surface area contributed by atoms with E-state index >= 15 is 0 Å². The van der Waals surface area contributed by atoms with E-state index in [4.69, 9.17) is 19.9 Å². The molecule has 0 aliphatic rings.